The minimum Gasteiger partial charge on any atom is -0.267 e. The topological polar surface area (TPSA) is 40.6 Å². The van der Waals surface area contributed by atoms with E-state index < -0.39 is 11.8 Å². The van der Waals surface area contributed by atoms with Crippen LogP contribution in [0.3, 0.4) is 0 Å². The van der Waals surface area contributed by atoms with Crippen LogP contribution in [0.2, 0.25) is 10.0 Å². The standard InChI is InChI=1S/C22H14Cl2N2O2/c23-16-6-10-18(11-7-16)25-21(27)20(14-15-4-2-1-3-5-15)22(28)26(25)19-12-8-17(24)9-13-19/h1-14H. The van der Waals surface area contributed by atoms with Crippen LogP contribution in [0.4, 0.5) is 11.4 Å². The lowest BCUT2D eigenvalue weighted by Crippen LogP contribution is -2.41. The van der Waals surface area contributed by atoms with Crippen molar-refractivity contribution in [3.8, 4) is 0 Å². The summed E-state index contributed by atoms with van der Waals surface area (Å²) in [6.07, 6.45) is 1.60. The highest BCUT2D eigenvalue weighted by Crippen LogP contribution is 2.33. The summed E-state index contributed by atoms with van der Waals surface area (Å²) in [5.74, 6) is -0.822. The number of anilines is 2. The van der Waals surface area contributed by atoms with Gasteiger partial charge in [0.25, 0.3) is 11.8 Å². The van der Waals surface area contributed by atoms with E-state index >= 15 is 0 Å². The largest absolute Gasteiger partial charge is 0.283 e. The van der Waals surface area contributed by atoms with E-state index in [4.69, 9.17) is 23.2 Å². The van der Waals surface area contributed by atoms with Crippen molar-refractivity contribution in [1.29, 1.82) is 0 Å². The Morgan fingerprint density at radius 2 is 1.04 bits per heavy atom. The van der Waals surface area contributed by atoms with Gasteiger partial charge in [0.1, 0.15) is 5.57 Å². The second-order valence-electron chi connectivity index (χ2n) is 6.16. The van der Waals surface area contributed by atoms with Crippen molar-refractivity contribution in [1.82, 2.24) is 0 Å². The molecule has 0 atom stereocenters. The lowest BCUT2D eigenvalue weighted by atomic mass is 10.1. The highest BCUT2D eigenvalue weighted by molar-refractivity contribution is 6.38. The number of amides is 2. The second kappa shape index (κ2) is 7.50. The van der Waals surface area contributed by atoms with Crippen LogP contribution in [0.15, 0.2) is 84.4 Å². The quantitative estimate of drug-likeness (QED) is 0.431. The fourth-order valence-electron chi connectivity index (χ4n) is 2.97. The molecule has 6 heteroatoms. The molecule has 3 aromatic carbocycles. The van der Waals surface area contributed by atoms with E-state index in [0.29, 0.717) is 21.4 Å². The Balaban J connectivity index is 1.84. The predicted octanol–water partition coefficient (Wildman–Crippen LogP) is 5.37. The maximum absolute atomic E-state index is 13.2. The first-order valence-corrected chi connectivity index (χ1v) is 9.27. The van der Waals surface area contributed by atoms with E-state index in [1.165, 1.54) is 10.0 Å². The van der Waals surface area contributed by atoms with Crippen molar-refractivity contribution >= 4 is 52.5 Å². The number of hydrogen-bond acceptors (Lipinski definition) is 2. The summed E-state index contributed by atoms with van der Waals surface area (Å²) in [4.78, 5) is 26.4. The smallest absolute Gasteiger partial charge is 0.267 e. The molecule has 0 unspecified atom stereocenters. The predicted molar refractivity (Wildman–Crippen MR) is 112 cm³/mol. The molecule has 1 heterocycles. The number of rotatable bonds is 3. The Hall–Kier alpha value is -3.08. The zero-order valence-electron chi connectivity index (χ0n) is 14.5. The van der Waals surface area contributed by atoms with Gasteiger partial charge in [-0.2, -0.15) is 0 Å². The van der Waals surface area contributed by atoms with Crippen LogP contribution in [0, 0.1) is 0 Å². The van der Waals surface area contributed by atoms with Gasteiger partial charge in [-0.3, -0.25) is 9.59 Å². The summed E-state index contributed by atoms with van der Waals surface area (Å²) in [6.45, 7) is 0. The van der Waals surface area contributed by atoms with E-state index in [-0.39, 0.29) is 5.57 Å². The van der Waals surface area contributed by atoms with Crippen LogP contribution in [0.25, 0.3) is 6.08 Å². The summed E-state index contributed by atoms with van der Waals surface area (Å²) in [6, 6.07) is 22.7. The first kappa shape index (κ1) is 18.3. The lowest BCUT2D eigenvalue weighted by Gasteiger charge is -2.27. The normalized spacial score (nSPS) is 14.0. The molecule has 4 nitrogen and oxygen atoms in total. The Labute approximate surface area is 172 Å². The van der Waals surface area contributed by atoms with Gasteiger partial charge >= 0.3 is 0 Å². The molecule has 3 aromatic rings. The van der Waals surface area contributed by atoms with Crippen LogP contribution in [-0.2, 0) is 9.59 Å². The van der Waals surface area contributed by atoms with Crippen LogP contribution in [0.1, 0.15) is 5.56 Å². The lowest BCUT2D eigenvalue weighted by molar-refractivity contribution is -0.116. The minimum atomic E-state index is -0.411. The Kier molecular flexibility index (Phi) is 4.90. The molecule has 0 saturated carbocycles. The number of hydrazine groups is 1. The van der Waals surface area contributed by atoms with Gasteiger partial charge in [-0.15, -0.1) is 0 Å². The van der Waals surface area contributed by atoms with E-state index in [1.807, 2.05) is 30.3 Å². The summed E-state index contributed by atoms with van der Waals surface area (Å²) in [5, 5.41) is 3.77. The van der Waals surface area contributed by atoms with Crippen molar-refractivity contribution in [3.05, 3.63) is 100 Å². The van der Waals surface area contributed by atoms with Gasteiger partial charge in [0, 0.05) is 10.0 Å². The first-order chi connectivity index (χ1) is 13.5. The van der Waals surface area contributed by atoms with Gasteiger partial charge < -0.3 is 0 Å². The average molecular weight is 409 g/mol. The summed E-state index contributed by atoms with van der Waals surface area (Å²) in [7, 11) is 0. The zero-order chi connectivity index (χ0) is 19.7. The zero-order valence-corrected chi connectivity index (χ0v) is 16.1. The highest BCUT2D eigenvalue weighted by atomic mass is 35.5. The first-order valence-electron chi connectivity index (χ1n) is 8.51. The molecular formula is C22H14Cl2N2O2. The Bertz CT molecular complexity index is 996. The number of carbonyl (C=O) groups excluding carboxylic acids is 2. The van der Waals surface area contributed by atoms with E-state index in [1.54, 1.807) is 54.6 Å². The molecule has 0 aliphatic carbocycles. The van der Waals surface area contributed by atoms with Gasteiger partial charge in [-0.1, -0.05) is 53.5 Å². The maximum Gasteiger partial charge on any atom is 0.283 e. The third-order valence-corrected chi connectivity index (χ3v) is 4.80. The van der Waals surface area contributed by atoms with Gasteiger partial charge in [0.05, 0.1) is 11.4 Å². The number of halogens is 2. The van der Waals surface area contributed by atoms with E-state index in [2.05, 4.69) is 0 Å². The molecule has 0 aromatic heterocycles. The van der Waals surface area contributed by atoms with Gasteiger partial charge in [-0.25, -0.2) is 10.0 Å². The fraction of sp³-hybridized carbons (Fsp3) is 0. The number of carbonyl (C=O) groups is 2. The molecule has 1 fully saturated rings. The molecule has 0 spiro atoms. The SMILES string of the molecule is O=C1C(=Cc2ccccc2)C(=O)N(c2ccc(Cl)cc2)N1c1ccc(Cl)cc1. The Morgan fingerprint density at radius 3 is 1.46 bits per heavy atom. The fourth-order valence-corrected chi connectivity index (χ4v) is 3.22. The molecule has 138 valence electrons. The maximum atomic E-state index is 13.2. The highest BCUT2D eigenvalue weighted by Gasteiger charge is 2.42. The molecule has 4 rings (SSSR count). The van der Waals surface area contributed by atoms with Crippen molar-refractivity contribution in [2.24, 2.45) is 0 Å². The Morgan fingerprint density at radius 1 is 0.607 bits per heavy atom. The third-order valence-electron chi connectivity index (χ3n) is 4.30. The van der Waals surface area contributed by atoms with Crippen molar-refractivity contribution in [2.75, 3.05) is 10.0 Å². The molecule has 2 amide bonds. The van der Waals surface area contributed by atoms with Crippen LogP contribution < -0.4 is 10.0 Å². The van der Waals surface area contributed by atoms with Crippen LogP contribution in [0.5, 0.6) is 0 Å². The molecule has 28 heavy (non-hydrogen) atoms. The van der Waals surface area contributed by atoms with Crippen molar-refractivity contribution in [2.45, 2.75) is 0 Å². The number of hydrogen-bond donors (Lipinski definition) is 0. The molecule has 1 saturated heterocycles. The molecule has 0 N–H and O–H groups in total. The number of nitrogens with zero attached hydrogens (tertiary/aromatic N) is 2. The molecular weight excluding hydrogens is 395 g/mol. The monoisotopic (exact) mass is 408 g/mol. The van der Waals surface area contributed by atoms with E-state index in [0.717, 1.165) is 5.56 Å². The molecule has 1 aliphatic rings. The minimum absolute atomic E-state index is 0.0797. The third kappa shape index (κ3) is 3.40. The molecule has 0 radical (unpaired) electrons. The average Bonchev–Trinajstić information content (AvgIpc) is 2.95. The van der Waals surface area contributed by atoms with Crippen molar-refractivity contribution in [3.63, 3.8) is 0 Å². The summed E-state index contributed by atoms with van der Waals surface area (Å²) in [5.41, 5.74) is 1.92. The van der Waals surface area contributed by atoms with Crippen LogP contribution in [-0.4, -0.2) is 11.8 Å². The van der Waals surface area contributed by atoms with Gasteiger partial charge in [0.2, 0.25) is 0 Å². The van der Waals surface area contributed by atoms with Gasteiger partial charge in [0.15, 0.2) is 0 Å². The second-order valence-corrected chi connectivity index (χ2v) is 7.03. The van der Waals surface area contributed by atoms with Crippen molar-refractivity contribution < 1.29 is 9.59 Å². The summed E-state index contributed by atoms with van der Waals surface area (Å²) >= 11 is 12.0. The van der Waals surface area contributed by atoms with Gasteiger partial charge in [-0.05, 0) is 60.2 Å². The molecule has 0 bridgehead atoms. The molecule has 1 aliphatic heterocycles. The van der Waals surface area contributed by atoms with Crippen LogP contribution >= 0.6 is 23.2 Å². The summed E-state index contributed by atoms with van der Waals surface area (Å²) < 4.78 is 0. The van der Waals surface area contributed by atoms with E-state index in [9.17, 15) is 9.59 Å². The number of benzene rings is 3.